The van der Waals surface area contributed by atoms with Gasteiger partial charge >= 0.3 is 5.97 Å². The van der Waals surface area contributed by atoms with E-state index >= 15 is 0 Å². The fraction of sp³-hybridized carbons (Fsp3) is 0.364. The van der Waals surface area contributed by atoms with Gasteiger partial charge in [-0.1, -0.05) is 0 Å². The van der Waals surface area contributed by atoms with Crippen molar-refractivity contribution in [1.82, 2.24) is 9.88 Å². The molecule has 10 heteroatoms. The third kappa shape index (κ3) is 4.80. The Hall–Kier alpha value is -3.27. The molecule has 0 spiro atoms. The molecule has 2 heterocycles. The summed E-state index contributed by atoms with van der Waals surface area (Å²) in [4.78, 5) is 54.4. The van der Waals surface area contributed by atoms with Crippen LogP contribution in [-0.4, -0.2) is 65.3 Å². The highest BCUT2D eigenvalue weighted by Crippen LogP contribution is 2.26. The summed E-state index contributed by atoms with van der Waals surface area (Å²) < 4.78 is 9.94. The topological polar surface area (TPSA) is 118 Å². The van der Waals surface area contributed by atoms with Crippen molar-refractivity contribution in [3.63, 3.8) is 0 Å². The number of aromatic nitrogens is 1. The van der Waals surface area contributed by atoms with Crippen molar-refractivity contribution in [1.29, 1.82) is 0 Å². The largest absolute Gasteiger partial charge is 0.497 e. The Kier molecular flexibility index (Phi) is 7.24. The number of esters is 1. The van der Waals surface area contributed by atoms with Gasteiger partial charge in [-0.2, -0.15) is 0 Å². The van der Waals surface area contributed by atoms with Crippen molar-refractivity contribution >= 4 is 41.0 Å². The molecule has 2 aromatic rings. The number of nitrogens with one attached hydrogen (secondary N) is 2. The Morgan fingerprint density at radius 2 is 1.88 bits per heavy atom. The zero-order valence-corrected chi connectivity index (χ0v) is 19.1. The smallest absolute Gasteiger partial charge is 0.339 e. The van der Waals surface area contributed by atoms with E-state index in [-0.39, 0.29) is 35.3 Å². The van der Waals surface area contributed by atoms with E-state index in [0.29, 0.717) is 34.3 Å². The van der Waals surface area contributed by atoms with Gasteiger partial charge in [0.05, 0.1) is 37.8 Å². The third-order valence-electron chi connectivity index (χ3n) is 5.26. The Balaban J connectivity index is 1.77. The van der Waals surface area contributed by atoms with E-state index < -0.39 is 12.0 Å². The summed E-state index contributed by atoms with van der Waals surface area (Å²) in [6, 6.07) is 6.25. The van der Waals surface area contributed by atoms with Crippen molar-refractivity contribution in [2.24, 2.45) is 0 Å². The summed E-state index contributed by atoms with van der Waals surface area (Å²) in [5, 5.41) is 2.82. The van der Waals surface area contributed by atoms with Crippen molar-refractivity contribution < 1.29 is 28.7 Å². The van der Waals surface area contributed by atoms with Gasteiger partial charge in [-0.15, -0.1) is 11.8 Å². The quantitative estimate of drug-likeness (QED) is 0.482. The number of nitrogens with zero attached hydrogens (tertiary/aromatic N) is 1. The summed E-state index contributed by atoms with van der Waals surface area (Å²) in [6.07, 6.45) is -0.161. The summed E-state index contributed by atoms with van der Waals surface area (Å²) in [5.74, 6) is -0.0192. The minimum atomic E-state index is -0.653. The van der Waals surface area contributed by atoms with E-state index in [0.717, 1.165) is 0 Å². The molecule has 1 aliphatic rings. The third-order valence-corrected chi connectivity index (χ3v) is 6.27. The molecule has 1 aliphatic heterocycles. The first-order chi connectivity index (χ1) is 15.3. The van der Waals surface area contributed by atoms with Gasteiger partial charge in [0.15, 0.2) is 5.78 Å². The van der Waals surface area contributed by atoms with Gasteiger partial charge in [0.25, 0.3) is 0 Å². The van der Waals surface area contributed by atoms with Crippen LogP contribution in [0.25, 0.3) is 0 Å². The number of Topliss-reactive ketones (excluding diaryl/α,β-unsaturated/α-hetero) is 1. The van der Waals surface area contributed by atoms with Crippen LogP contribution in [0.2, 0.25) is 0 Å². The molecular weight excluding hydrogens is 434 g/mol. The predicted octanol–water partition coefficient (Wildman–Crippen LogP) is 2.40. The molecule has 1 aromatic carbocycles. The number of hydrogen-bond donors (Lipinski definition) is 2. The van der Waals surface area contributed by atoms with E-state index in [1.165, 1.54) is 30.7 Å². The first kappa shape index (κ1) is 23.4. The fourth-order valence-electron chi connectivity index (χ4n) is 3.58. The molecule has 9 nitrogen and oxygen atoms in total. The van der Waals surface area contributed by atoms with Crippen LogP contribution in [0.5, 0.6) is 5.75 Å². The number of thioether (sulfide) groups is 1. The van der Waals surface area contributed by atoms with Gasteiger partial charge < -0.3 is 24.7 Å². The zero-order valence-electron chi connectivity index (χ0n) is 18.3. The van der Waals surface area contributed by atoms with Crippen LogP contribution in [0.4, 0.5) is 5.69 Å². The summed E-state index contributed by atoms with van der Waals surface area (Å²) in [6.45, 7) is 3.01. The number of carbonyl (C=O) groups is 4. The Morgan fingerprint density at radius 3 is 2.47 bits per heavy atom. The number of methoxy groups -OCH3 is 2. The van der Waals surface area contributed by atoms with Crippen molar-refractivity contribution in [2.45, 2.75) is 26.3 Å². The predicted molar refractivity (Wildman–Crippen MR) is 120 cm³/mol. The molecule has 1 saturated heterocycles. The number of hydrogen-bond acceptors (Lipinski definition) is 7. The van der Waals surface area contributed by atoms with Crippen LogP contribution in [0.15, 0.2) is 24.3 Å². The lowest BCUT2D eigenvalue weighted by molar-refractivity contribution is -0.135. The zero-order chi connectivity index (χ0) is 23.4. The van der Waals surface area contributed by atoms with Gasteiger partial charge in [-0.3, -0.25) is 14.4 Å². The number of H-pyrrole nitrogens is 1. The lowest BCUT2D eigenvalue weighted by atomic mass is 10.1. The molecule has 0 aliphatic carbocycles. The Labute approximate surface area is 189 Å². The van der Waals surface area contributed by atoms with Gasteiger partial charge in [0.1, 0.15) is 11.8 Å². The average Bonchev–Trinajstić information content (AvgIpc) is 3.39. The van der Waals surface area contributed by atoms with Gasteiger partial charge in [0.2, 0.25) is 11.8 Å². The molecule has 170 valence electrons. The number of aromatic amines is 1. The van der Waals surface area contributed by atoms with E-state index in [9.17, 15) is 19.2 Å². The van der Waals surface area contributed by atoms with E-state index in [1.807, 2.05) is 0 Å². The first-order valence-electron chi connectivity index (χ1n) is 9.89. The van der Waals surface area contributed by atoms with E-state index in [1.54, 1.807) is 38.3 Å². The second kappa shape index (κ2) is 9.90. The van der Waals surface area contributed by atoms with Gasteiger partial charge in [-0.05, 0) is 36.8 Å². The number of rotatable bonds is 7. The van der Waals surface area contributed by atoms with Crippen molar-refractivity contribution in [3.05, 3.63) is 46.8 Å². The van der Waals surface area contributed by atoms with Crippen LogP contribution in [0.3, 0.4) is 0 Å². The maximum atomic E-state index is 13.1. The molecular formula is C22H25N3O6S. The van der Waals surface area contributed by atoms with Gasteiger partial charge in [-0.25, -0.2) is 4.79 Å². The molecule has 2 amide bonds. The fourth-order valence-corrected chi connectivity index (χ4v) is 4.76. The highest BCUT2D eigenvalue weighted by atomic mass is 32.2. The first-order valence-corrected chi connectivity index (χ1v) is 11.0. The minimum Gasteiger partial charge on any atom is -0.497 e. The lowest BCUT2D eigenvalue weighted by Gasteiger charge is -2.23. The highest BCUT2D eigenvalue weighted by molar-refractivity contribution is 7.99. The maximum absolute atomic E-state index is 13.1. The summed E-state index contributed by atoms with van der Waals surface area (Å²) in [5.41, 5.74) is 1.78. The lowest BCUT2D eigenvalue weighted by Crippen LogP contribution is -2.45. The standard InChI is InChI=1S/C22H25N3O6S/c1-12-19(22(29)31-4)16(24-20(12)13(2)26)9-18(27)25-11-32-10-17(25)21(28)23-14-5-7-15(30-3)8-6-14/h5-8,17,24H,9-11H2,1-4H3,(H,23,28). The molecule has 1 aromatic heterocycles. The number of carbonyl (C=O) groups excluding carboxylic acids is 4. The minimum absolute atomic E-state index is 0.161. The van der Waals surface area contributed by atoms with Crippen molar-refractivity contribution in [2.75, 3.05) is 31.2 Å². The van der Waals surface area contributed by atoms with Crippen molar-refractivity contribution in [3.8, 4) is 5.75 Å². The Bertz CT molecular complexity index is 1050. The van der Waals surface area contributed by atoms with E-state index in [2.05, 4.69) is 10.3 Å². The number of anilines is 1. The van der Waals surface area contributed by atoms with Crippen LogP contribution < -0.4 is 10.1 Å². The average molecular weight is 460 g/mol. The van der Waals surface area contributed by atoms with Crippen LogP contribution in [0, 0.1) is 6.92 Å². The molecule has 3 rings (SSSR count). The SMILES string of the molecule is COC(=O)c1c(CC(=O)N2CSCC2C(=O)Nc2ccc(OC)cc2)[nH]c(C(C)=O)c1C. The molecule has 1 fully saturated rings. The second-order valence-electron chi connectivity index (χ2n) is 7.30. The number of ketones is 1. The summed E-state index contributed by atoms with van der Waals surface area (Å²) in [7, 11) is 2.80. The molecule has 1 unspecified atom stereocenters. The number of amides is 2. The molecule has 2 N–H and O–H groups in total. The molecule has 0 radical (unpaired) electrons. The Morgan fingerprint density at radius 1 is 1.19 bits per heavy atom. The molecule has 0 bridgehead atoms. The van der Waals surface area contributed by atoms with Gasteiger partial charge in [0, 0.05) is 24.1 Å². The highest BCUT2D eigenvalue weighted by Gasteiger charge is 2.36. The number of benzene rings is 1. The summed E-state index contributed by atoms with van der Waals surface area (Å²) >= 11 is 1.47. The monoisotopic (exact) mass is 459 g/mol. The van der Waals surface area contributed by atoms with Crippen LogP contribution >= 0.6 is 11.8 Å². The molecule has 32 heavy (non-hydrogen) atoms. The second-order valence-corrected chi connectivity index (χ2v) is 8.30. The maximum Gasteiger partial charge on any atom is 0.339 e. The normalized spacial score (nSPS) is 15.4. The van der Waals surface area contributed by atoms with Crippen LogP contribution in [0.1, 0.15) is 39.0 Å². The van der Waals surface area contributed by atoms with Crippen LogP contribution in [-0.2, 0) is 20.7 Å². The molecule has 0 saturated carbocycles. The number of ether oxygens (including phenoxy) is 2. The van der Waals surface area contributed by atoms with E-state index in [4.69, 9.17) is 9.47 Å². The molecule has 1 atom stereocenters.